The van der Waals surface area contributed by atoms with Gasteiger partial charge in [0.15, 0.2) is 0 Å². The molecule has 1 N–H and O–H groups in total. The van der Waals surface area contributed by atoms with Gasteiger partial charge in [-0.3, -0.25) is 0 Å². The maximum absolute atomic E-state index is 13.2. The van der Waals surface area contributed by atoms with Crippen molar-refractivity contribution in [3.63, 3.8) is 0 Å². The van der Waals surface area contributed by atoms with Gasteiger partial charge >= 0.3 is 0 Å². The molecule has 0 unspecified atom stereocenters. The zero-order chi connectivity index (χ0) is 16.7. The monoisotopic (exact) mass is 387 g/mol. The van der Waals surface area contributed by atoms with Crippen molar-refractivity contribution in [1.29, 1.82) is 0 Å². The minimum Gasteiger partial charge on any atom is -0.496 e. The molecule has 4 rings (SSSR count). The van der Waals surface area contributed by atoms with Crippen molar-refractivity contribution in [3.8, 4) is 22.7 Å². The summed E-state index contributed by atoms with van der Waals surface area (Å²) < 4.78 is 21.5. The zero-order valence-electron chi connectivity index (χ0n) is 13.0. The Labute approximate surface area is 147 Å². The van der Waals surface area contributed by atoms with Gasteiger partial charge in [0, 0.05) is 22.1 Å². The van der Waals surface area contributed by atoms with Gasteiger partial charge < -0.3 is 10.1 Å². The highest BCUT2D eigenvalue weighted by Gasteiger charge is 2.25. The Morgan fingerprint density at radius 3 is 2.75 bits per heavy atom. The molecular weight excluding hydrogens is 373 g/mol. The highest BCUT2D eigenvalue weighted by Crippen LogP contribution is 2.39. The van der Waals surface area contributed by atoms with Crippen LogP contribution in [0, 0.1) is 5.82 Å². The number of rotatable bonds is 3. The molecule has 122 valence electrons. The van der Waals surface area contributed by atoms with Crippen molar-refractivity contribution < 1.29 is 9.13 Å². The fourth-order valence-corrected chi connectivity index (χ4v) is 3.39. The van der Waals surface area contributed by atoms with Gasteiger partial charge in [-0.1, -0.05) is 15.9 Å². The van der Waals surface area contributed by atoms with E-state index in [-0.39, 0.29) is 5.82 Å². The lowest BCUT2D eigenvalue weighted by Gasteiger charge is -2.08. The van der Waals surface area contributed by atoms with Crippen LogP contribution in [0.1, 0.15) is 5.56 Å². The number of nitrogens with one attached hydrogen (secondary N) is 1. The molecule has 2 heterocycles. The average molecular weight is 388 g/mol. The summed E-state index contributed by atoms with van der Waals surface area (Å²) in [6.45, 7) is 0.859. The van der Waals surface area contributed by atoms with Gasteiger partial charge in [0.25, 0.3) is 0 Å². The first-order valence-electron chi connectivity index (χ1n) is 7.63. The third-order valence-corrected chi connectivity index (χ3v) is 4.63. The van der Waals surface area contributed by atoms with Crippen molar-refractivity contribution in [2.75, 3.05) is 19.0 Å². The highest BCUT2D eigenvalue weighted by atomic mass is 79.9. The quantitative estimate of drug-likeness (QED) is 0.722. The molecule has 1 aliphatic rings. The van der Waals surface area contributed by atoms with Crippen LogP contribution >= 0.6 is 15.9 Å². The fraction of sp³-hybridized carbons (Fsp3) is 0.167. The van der Waals surface area contributed by atoms with Crippen molar-refractivity contribution in [3.05, 3.63) is 58.3 Å². The molecule has 1 aromatic heterocycles. The topological polar surface area (TPSA) is 39.1 Å². The van der Waals surface area contributed by atoms with E-state index in [2.05, 4.69) is 21.2 Å². The Balaban J connectivity index is 1.91. The van der Waals surface area contributed by atoms with Crippen LogP contribution in [0.15, 0.2) is 46.9 Å². The van der Waals surface area contributed by atoms with E-state index in [9.17, 15) is 4.39 Å². The molecule has 1 aliphatic heterocycles. The molecule has 2 aromatic carbocycles. The van der Waals surface area contributed by atoms with Gasteiger partial charge in [0.05, 0.1) is 12.8 Å². The van der Waals surface area contributed by atoms with Crippen molar-refractivity contribution in [1.82, 2.24) is 9.78 Å². The summed E-state index contributed by atoms with van der Waals surface area (Å²) in [4.78, 5) is 0. The van der Waals surface area contributed by atoms with Crippen LogP contribution in [-0.2, 0) is 6.42 Å². The summed E-state index contributed by atoms with van der Waals surface area (Å²) in [6, 6.07) is 12.2. The van der Waals surface area contributed by atoms with E-state index in [0.717, 1.165) is 51.5 Å². The number of hydrogen-bond acceptors (Lipinski definition) is 3. The molecule has 6 heteroatoms. The van der Waals surface area contributed by atoms with Gasteiger partial charge in [-0.2, -0.15) is 5.10 Å². The first-order valence-corrected chi connectivity index (χ1v) is 8.42. The molecule has 0 aliphatic carbocycles. The van der Waals surface area contributed by atoms with E-state index in [1.807, 2.05) is 22.9 Å². The second kappa shape index (κ2) is 5.94. The first-order chi connectivity index (χ1) is 11.7. The van der Waals surface area contributed by atoms with E-state index < -0.39 is 0 Å². The standard InChI is InChI=1S/C18H15BrFN3O/c1-24-16-7-2-11(19)10-15(16)17-14-8-9-21-18(14)23(22-17)13-5-3-12(20)4-6-13/h2-7,10,21H,8-9H2,1H3. The normalized spacial score (nSPS) is 12.8. The molecule has 0 saturated carbocycles. The number of nitrogens with zero attached hydrogens (tertiary/aromatic N) is 2. The van der Waals surface area contributed by atoms with Crippen LogP contribution in [0.5, 0.6) is 5.75 Å². The van der Waals surface area contributed by atoms with Crippen LogP contribution in [0.25, 0.3) is 16.9 Å². The SMILES string of the molecule is COc1ccc(Br)cc1-c1nn(-c2ccc(F)cc2)c2c1CCN2. The van der Waals surface area contributed by atoms with E-state index in [1.165, 1.54) is 12.1 Å². The summed E-state index contributed by atoms with van der Waals surface area (Å²) in [5.41, 5.74) is 3.79. The van der Waals surface area contributed by atoms with Gasteiger partial charge in [-0.05, 0) is 48.9 Å². The van der Waals surface area contributed by atoms with Gasteiger partial charge in [-0.15, -0.1) is 0 Å². The minimum atomic E-state index is -0.260. The molecule has 0 atom stereocenters. The number of aromatic nitrogens is 2. The van der Waals surface area contributed by atoms with Gasteiger partial charge in [0.1, 0.15) is 23.1 Å². The van der Waals surface area contributed by atoms with Crippen LogP contribution in [0.3, 0.4) is 0 Å². The van der Waals surface area contributed by atoms with E-state index >= 15 is 0 Å². The number of hydrogen-bond donors (Lipinski definition) is 1. The molecule has 0 radical (unpaired) electrons. The number of methoxy groups -OCH3 is 1. The molecule has 24 heavy (non-hydrogen) atoms. The van der Waals surface area contributed by atoms with Crippen molar-refractivity contribution in [2.45, 2.75) is 6.42 Å². The van der Waals surface area contributed by atoms with Gasteiger partial charge in [0.2, 0.25) is 0 Å². The smallest absolute Gasteiger partial charge is 0.133 e. The highest BCUT2D eigenvalue weighted by molar-refractivity contribution is 9.10. The summed E-state index contributed by atoms with van der Waals surface area (Å²) in [5.74, 6) is 1.47. The van der Waals surface area contributed by atoms with Crippen molar-refractivity contribution in [2.24, 2.45) is 0 Å². The Morgan fingerprint density at radius 2 is 2.00 bits per heavy atom. The number of anilines is 1. The molecular formula is C18H15BrFN3O. The third kappa shape index (κ3) is 2.47. The number of fused-ring (bicyclic) bond motifs is 1. The Hall–Kier alpha value is -2.34. The van der Waals surface area contributed by atoms with Crippen LogP contribution in [0.4, 0.5) is 10.2 Å². The summed E-state index contributed by atoms with van der Waals surface area (Å²) in [6.07, 6.45) is 0.890. The zero-order valence-corrected chi connectivity index (χ0v) is 14.6. The van der Waals surface area contributed by atoms with Crippen LogP contribution in [0.2, 0.25) is 0 Å². The molecule has 0 spiro atoms. The molecule has 3 aromatic rings. The predicted molar refractivity (Wildman–Crippen MR) is 95.4 cm³/mol. The number of halogens is 2. The maximum atomic E-state index is 13.2. The first kappa shape index (κ1) is 15.2. The molecule has 0 amide bonds. The fourth-order valence-electron chi connectivity index (χ4n) is 3.03. The van der Waals surface area contributed by atoms with Crippen LogP contribution in [-0.4, -0.2) is 23.4 Å². The second-order valence-corrected chi connectivity index (χ2v) is 6.50. The number of ether oxygens (including phenoxy) is 1. The maximum Gasteiger partial charge on any atom is 0.133 e. The summed E-state index contributed by atoms with van der Waals surface area (Å²) >= 11 is 3.52. The lowest BCUT2D eigenvalue weighted by molar-refractivity contribution is 0.416. The van der Waals surface area contributed by atoms with E-state index in [1.54, 1.807) is 19.2 Å². The van der Waals surface area contributed by atoms with Gasteiger partial charge in [-0.25, -0.2) is 9.07 Å². The second-order valence-electron chi connectivity index (χ2n) is 5.59. The predicted octanol–water partition coefficient (Wildman–Crippen LogP) is 4.42. The van der Waals surface area contributed by atoms with Crippen molar-refractivity contribution >= 4 is 21.7 Å². The third-order valence-electron chi connectivity index (χ3n) is 4.14. The molecule has 0 bridgehead atoms. The molecule has 4 nitrogen and oxygen atoms in total. The Bertz CT molecular complexity index is 905. The Morgan fingerprint density at radius 1 is 1.21 bits per heavy atom. The molecule has 0 saturated heterocycles. The number of benzene rings is 2. The van der Waals surface area contributed by atoms with E-state index in [4.69, 9.17) is 9.84 Å². The molecule has 0 fully saturated rings. The van der Waals surface area contributed by atoms with Crippen LogP contribution < -0.4 is 10.1 Å². The minimum absolute atomic E-state index is 0.260. The summed E-state index contributed by atoms with van der Waals surface area (Å²) in [5, 5.41) is 8.16. The lowest BCUT2D eigenvalue weighted by atomic mass is 10.1. The Kier molecular flexibility index (Phi) is 3.76. The van der Waals surface area contributed by atoms with E-state index in [0.29, 0.717) is 0 Å². The summed E-state index contributed by atoms with van der Waals surface area (Å²) in [7, 11) is 1.65. The largest absolute Gasteiger partial charge is 0.496 e. The average Bonchev–Trinajstić information content (AvgIpc) is 3.18. The lowest BCUT2D eigenvalue weighted by Crippen LogP contribution is -2.04.